The normalized spacial score (nSPS) is 17.9. The molecule has 53 heavy (non-hydrogen) atoms. The Labute approximate surface area is 307 Å². The van der Waals surface area contributed by atoms with E-state index in [1.165, 1.54) is 0 Å². The summed E-state index contributed by atoms with van der Waals surface area (Å²) in [7, 11) is 0. The fourth-order valence-corrected chi connectivity index (χ4v) is 7.44. The van der Waals surface area contributed by atoms with Crippen molar-refractivity contribution >= 4 is 17.7 Å². The molecular weight excluding hydrogens is 661 g/mol. The summed E-state index contributed by atoms with van der Waals surface area (Å²) in [5, 5.41) is 0. The van der Waals surface area contributed by atoms with E-state index in [-0.39, 0.29) is 16.9 Å². The highest BCUT2D eigenvalue weighted by molar-refractivity contribution is 6.14. The lowest BCUT2D eigenvalue weighted by Crippen LogP contribution is -2.41. The number of rotatable bonds is 7. The van der Waals surface area contributed by atoms with E-state index in [0.717, 1.165) is 16.7 Å². The molecule has 0 radical (unpaired) electrons. The Morgan fingerprint density at radius 1 is 0.509 bits per heavy atom. The number of fused-ring (bicyclic) bond motifs is 4. The summed E-state index contributed by atoms with van der Waals surface area (Å²) in [6.07, 6.45) is 0. The maximum absolute atomic E-state index is 14.4. The van der Waals surface area contributed by atoms with Crippen molar-refractivity contribution in [1.82, 2.24) is 0 Å². The van der Waals surface area contributed by atoms with E-state index in [1.54, 1.807) is 26.0 Å². The van der Waals surface area contributed by atoms with Crippen LogP contribution in [-0.2, 0) is 30.3 Å². The maximum atomic E-state index is 14.4. The maximum Gasteiger partial charge on any atom is 0.334 e. The highest BCUT2D eigenvalue weighted by Crippen LogP contribution is 2.54. The molecule has 0 aromatic heterocycles. The molecule has 258 valence electrons. The number of ketones is 1. The summed E-state index contributed by atoms with van der Waals surface area (Å²) < 4.78 is 19.4. The van der Waals surface area contributed by atoms with Crippen LogP contribution in [0.5, 0.6) is 11.5 Å². The Morgan fingerprint density at radius 3 is 1.57 bits per heavy atom. The number of benzene rings is 6. The van der Waals surface area contributed by atoms with Crippen LogP contribution in [0, 0.1) is 0 Å². The number of carbonyl (C=O) groups excluding carboxylic acids is 3. The fraction of sp³-hybridized carbons (Fsp3) is 0.0851. The van der Waals surface area contributed by atoms with Gasteiger partial charge >= 0.3 is 11.9 Å². The van der Waals surface area contributed by atoms with Crippen LogP contribution in [0.15, 0.2) is 170 Å². The number of carbonyl (C=O) groups is 3. The summed E-state index contributed by atoms with van der Waals surface area (Å²) in [6, 6.07) is 45.1. The van der Waals surface area contributed by atoms with Crippen LogP contribution in [-0.4, -0.2) is 17.7 Å². The lowest BCUT2D eigenvalue weighted by molar-refractivity contribution is -0.149. The summed E-state index contributed by atoms with van der Waals surface area (Å²) in [5.41, 5.74) is 3.98. The molecule has 6 heteroatoms. The standard InChI is InChI=1S/C47H34O6/c1-29(2)44(49)52-46(33-15-7-5-8-16-33)37-20-12-11-19-35(37)43(48)36-27-31(23-25-38(36)46)32-24-26-40-42(28-32)51-41-22-14-13-21-39(41)47(40,53-45(50)30(3)4)34-17-9-6-10-18-34/h5-28H,1,3H2,2,4H3. The average Bonchev–Trinajstić information content (AvgIpc) is 3.19. The smallest absolute Gasteiger partial charge is 0.334 e. The molecule has 0 N–H and O–H groups in total. The van der Waals surface area contributed by atoms with E-state index in [2.05, 4.69) is 13.2 Å². The van der Waals surface area contributed by atoms with Crippen molar-refractivity contribution in [2.45, 2.75) is 25.0 Å². The third-order valence-corrected chi connectivity index (χ3v) is 9.92. The van der Waals surface area contributed by atoms with Crippen LogP contribution in [0.25, 0.3) is 11.1 Å². The van der Waals surface area contributed by atoms with Gasteiger partial charge in [0, 0.05) is 55.7 Å². The number of esters is 2. The topological polar surface area (TPSA) is 78.9 Å². The predicted octanol–water partition coefficient (Wildman–Crippen LogP) is 9.83. The second-order valence-corrected chi connectivity index (χ2v) is 13.4. The van der Waals surface area contributed by atoms with Crippen molar-refractivity contribution in [2.24, 2.45) is 0 Å². The van der Waals surface area contributed by atoms with E-state index in [9.17, 15) is 14.4 Å². The first-order chi connectivity index (χ1) is 25.6. The van der Waals surface area contributed by atoms with E-state index in [1.807, 2.05) is 133 Å². The number of para-hydroxylation sites is 1. The Hall–Kier alpha value is -6.79. The van der Waals surface area contributed by atoms with Crippen LogP contribution in [0.3, 0.4) is 0 Å². The Balaban J connectivity index is 1.33. The van der Waals surface area contributed by atoms with Crippen molar-refractivity contribution in [1.29, 1.82) is 0 Å². The number of hydrogen-bond donors (Lipinski definition) is 0. The summed E-state index contributed by atoms with van der Waals surface area (Å²) in [4.78, 5) is 41.1. The van der Waals surface area contributed by atoms with Gasteiger partial charge in [0.1, 0.15) is 11.5 Å². The van der Waals surface area contributed by atoms with Crippen molar-refractivity contribution in [3.05, 3.63) is 214 Å². The number of ether oxygens (including phenoxy) is 3. The van der Waals surface area contributed by atoms with E-state index in [0.29, 0.717) is 50.4 Å². The quantitative estimate of drug-likeness (QED) is 0.122. The Morgan fingerprint density at radius 2 is 0.962 bits per heavy atom. The van der Waals surface area contributed by atoms with Gasteiger partial charge in [0.25, 0.3) is 0 Å². The molecule has 2 unspecified atom stereocenters. The van der Waals surface area contributed by atoms with Gasteiger partial charge in [0.2, 0.25) is 0 Å². The summed E-state index contributed by atoms with van der Waals surface area (Å²) in [6.45, 7) is 10.9. The highest BCUT2D eigenvalue weighted by Gasteiger charge is 2.50. The first kappa shape index (κ1) is 33.4. The van der Waals surface area contributed by atoms with E-state index >= 15 is 0 Å². The minimum absolute atomic E-state index is 0.187. The molecule has 0 saturated carbocycles. The SMILES string of the molecule is C=C(C)C(=O)OC1(c2ccccc2)c2ccccc2Oc2cc(-c3ccc4c(c3)C(=O)c3ccccc3C4(OC(=O)C(=C)C)c3ccccc3)ccc21. The van der Waals surface area contributed by atoms with Crippen LogP contribution < -0.4 is 4.74 Å². The second kappa shape index (κ2) is 12.8. The van der Waals surface area contributed by atoms with Gasteiger partial charge in [-0.3, -0.25) is 4.79 Å². The molecule has 6 aromatic carbocycles. The molecule has 2 aliphatic rings. The molecule has 0 amide bonds. The van der Waals surface area contributed by atoms with Crippen LogP contribution in [0.2, 0.25) is 0 Å². The molecule has 0 fully saturated rings. The molecule has 1 heterocycles. The molecule has 8 rings (SSSR count). The number of hydrogen-bond acceptors (Lipinski definition) is 6. The zero-order valence-corrected chi connectivity index (χ0v) is 29.2. The lowest BCUT2D eigenvalue weighted by atomic mass is 9.70. The second-order valence-electron chi connectivity index (χ2n) is 13.4. The molecule has 0 saturated heterocycles. The minimum Gasteiger partial charge on any atom is -0.456 e. The van der Waals surface area contributed by atoms with Crippen molar-refractivity contribution in [3.8, 4) is 22.6 Å². The third kappa shape index (κ3) is 5.22. The van der Waals surface area contributed by atoms with Crippen molar-refractivity contribution < 1.29 is 28.6 Å². The molecule has 6 nitrogen and oxygen atoms in total. The van der Waals surface area contributed by atoms with Crippen LogP contribution >= 0.6 is 0 Å². The first-order valence-electron chi connectivity index (χ1n) is 17.2. The zero-order chi connectivity index (χ0) is 36.9. The van der Waals surface area contributed by atoms with Gasteiger partial charge in [-0.15, -0.1) is 0 Å². The molecule has 1 aliphatic heterocycles. The van der Waals surface area contributed by atoms with Gasteiger partial charge in [-0.25, -0.2) is 9.59 Å². The largest absolute Gasteiger partial charge is 0.456 e. The highest BCUT2D eigenvalue weighted by atomic mass is 16.6. The molecule has 0 bridgehead atoms. The fourth-order valence-electron chi connectivity index (χ4n) is 7.44. The summed E-state index contributed by atoms with van der Waals surface area (Å²) in [5.74, 6) is -0.270. The first-order valence-corrected chi connectivity index (χ1v) is 17.2. The van der Waals surface area contributed by atoms with Gasteiger partial charge in [-0.05, 0) is 49.2 Å². The van der Waals surface area contributed by atoms with Crippen LogP contribution in [0.1, 0.15) is 63.1 Å². The third-order valence-electron chi connectivity index (χ3n) is 9.92. The summed E-state index contributed by atoms with van der Waals surface area (Å²) >= 11 is 0. The van der Waals surface area contributed by atoms with Gasteiger partial charge in [0.05, 0.1) is 0 Å². The van der Waals surface area contributed by atoms with E-state index in [4.69, 9.17) is 14.2 Å². The minimum atomic E-state index is -1.42. The van der Waals surface area contributed by atoms with Crippen LogP contribution in [0.4, 0.5) is 0 Å². The van der Waals surface area contributed by atoms with Gasteiger partial charge < -0.3 is 14.2 Å². The van der Waals surface area contributed by atoms with Crippen molar-refractivity contribution in [3.63, 3.8) is 0 Å². The van der Waals surface area contributed by atoms with Gasteiger partial charge in [0.15, 0.2) is 17.0 Å². The molecule has 2 atom stereocenters. The molecule has 0 spiro atoms. The lowest BCUT2D eigenvalue weighted by Gasteiger charge is -2.40. The zero-order valence-electron chi connectivity index (χ0n) is 29.2. The van der Waals surface area contributed by atoms with Crippen molar-refractivity contribution in [2.75, 3.05) is 0 Å². The van der Waals surface area contributed by atoms with Gasteiger partial charge in [-0.1, -0.05) is 134 Å². The predicted molar refractivity (Wildman–Crippen MR) is 203 cm³/mol. The van der Waals surface area contributed by atoms with Gasteiger partial charge in [-0.2, -0.15) is 0 Å². The Kier molecular flexibility index (Phi) is 8.03. The molecular formula is C47H34O6. The monoisotopic (exact) mass is 694 g/mol. The molecule has 6 aromatic rings. The average molecular weight is 695 g/mol. The Bertz CT molecular complexity index is 2500. The molecule has 1 aliphatic carbocycles. The van der Waals surface area contributed by atoms with E-state index < -0.39 is 23.1 Å².